The SMILES string of the molecule is CC(C)=CCC/C(C)=C/CC/C(C)=C/CC/C(C)=C\CC/C(C)=C\CC/C(C)=C\CC/C(C)=C\CC/C(C)=C\CC/C(C)=C\CC/C(C)=C\CC/C(C)=C\CC/C(C)=C\CC/C(C)=C\CC/C(C)=C\CC/C(C)=C\CCC(C)CCOP(=O)(O)O[C@@H]1O[C@H](CO)[C@@H](O)[C@H](O)[C@H]1O. The van der Waals surface area contributed by atoms with Gasteiger partial charge in [-0.25, -0.2) is 4.57 Å². The van der Waals surface area contributed by atoms with Gasteiger partial charge in [0, 0.05) is 0 Å². The molecule has 1 heterocycles. The standard InChI is InChI=1S/C86H143O9P/c1-66(2)33-18-34-67(3)35-19-36-68(4)37-20-38-69(5)39-21-40-70(6)41-22-42-71(7)43-23-44-72(8)45-24-46-73(9)47-25-48-74(10)49-26-50-75(11)51-27-52-76(12)53-28-54-77(13)55-29-56-78(14)57-30-58-79(15)59-31-60-80(16)61-32-62-81(17)63-64-93-96(91,92)95-86-85(90)84(89)83(88)82(65-87)94-86/h33,35,37,39,41,43,45,47,49,51,53,55,57,59,61,81-90H,18-32,34,36,38,40,42,44,46,48,50,52,54,56,58,60,62-65H2,1-17H3,(H,91,92)/b67-35+,68-37+,69-39-,70-41-,71-43-,72-45-,73-47-,74-49-,75-51-,76-53-,77-55-,78-57-,79-59-,80-61-/t81?,82-,83-,84+,85-,86+/m1/s1. The third kappa shape index (κ3) is 49.5. The fourth-order valence-corrected chi connectivity index (χ4v) is 12.4. The van der Waals surface area contributed by atoms with Crippen molar-refractivity contribution in [3.63, 3.8) is 0 Å². The first kappa shape index (κ1) is 90.0. The second-order valence-electron chi connectivity index (χ2n) is 29.1. The second kappa shape index (κ2) is 54.8. The zero-order valence-electron chi connectivity index (χ0n) is 64.3. The van der Waals surface area contributed by atoms with E-state index in [2.05, 4.69) is 209 Å². The number of aliphatic hydroxyl groups is 4. The van der Waals surface area contributed by atoms with Crippen molar-refractivity contribution in [3.8, 4) is 0 Å². The van der Waals surface area contributed by atoms with Gasteiger partial charge in [0.2, 0.25) is 0 Å². The quantitative estimate of drug-likeness (QED) is 0.0297. The average Bonchev–Trinajstić information content (AvgIpc) is 0.815. The molecule has 0 bridgehead atoms. The van der Waals surface area contributed by atoms with Crippen LogP contribution < -0.4 is 0 Å². The van der Waals surface area contributed by atoms with E-state index in [9.17, 15) is 29.9 Å². The summed E-state index contributed by atoms with van der Waals surface area (Å²) in [5.41, 5.74) is 22.3. The largest absolute Gasteiger partial charge is 0.474 e. The maximum absolute atomic E-state index is 12.5. The van der Waals surface area contributed by atoms with E-state index in [1.807, 2.05) is 0 Å². The molecule has 0 aromatic heterocycles. The van der Waals surface area contributed by atoms with E-state index >= 15 is 0 Å². The zero-order valence-corrected chi connectivity index (χ0v) is 65.2. The van der Waals surface area contributed by atoms with Gasteiger partial charge in [-0.3, -0.25) is 9.05 Å². The summed E-state index contributed by atoms with van der Waals surface area (Å²) in [5.74, 6) is 0.226. The number of hydrogen-bond donors (Lipinski definition) is 5. The summed E-state index contributed by atoms with van der Waals surface area (Å²) in [6, 6.07) is 0. The number of aliphatic hydroxyl groups excluding tert-OH is 4. The van der Waals surface area contributed by atoms with E-state index in [0.29, 0.717) is 6.42 Å². The summed E-state index contributed by atoms with van der Waals surface area (Å²) in [4.78, 5) is 10.1. The van der Waals surface area contributed by atoms with Gasteiger partial charge in [0.15, 0.2) is 6.29 Å². The number of rotatable bonds is 52. The zero-order chi connectivity index (χ0) is 71.7. The van der Waals surface area contributed by atoms with Gasteiger partial charge in [-0.1, -0.05) is 182 Å². The third-order valence-electron chi connectivity index (χ3n) is 18.6. The van der Waals surface area contributed by atoms with Crippen molar-refractivity contribution in [1.82, 2.24) is 0 Å². The van der Waals surface area contributed by atoms with Crippen LogP contribution in [0, 0.1) is 5.92 Å². The minimum atomic E-state index is -4.64. The summed E-state index contributed by atoms with van der Waals surface area (Å²) in [7, 11) is -4.64. The van der Waals surface area contributed by atoms with Crippen LogP contribution >= 0.6 is 7.82 Å². The minimum absolute atomic E-state index is 0.0466. The van der Waals surface area contributed by atoms with Gasteiger partial charge < -0.3 is 30.1 Å². The Morgan fingerprint density at radius 1 is 0.344 bits per heavy atom. The summed E-state index contributed by atoms with van der Waals surface area (Å²) in [6.45, 7) is 37.6. The molecule has 1 saturated heterocycles. The Morgan fingerprint density at radius 2 is 0.562 bits per heavy atom. The van der Waals surface area contributed by atoms with Crippen LogP contribution in [0.1, 0.15) is 317 Å². The molecular formula is C86H143O9P. The molecule has 0 radical (unpaired) electrons. The number of phosphoric ester groups is 1. The number of ether oxygens (including phenoxy) is 1. The highest BCUT2D eigenvalue weighted by molar-refractivity contribution is 7.47. The van der Waals surface area contributed by atoms with Gasteiger partial charge >= 0.3 is 7.82 Å². The molecule has 1 aliphatic rings. The summed E-state index contributed by atoms with van der Waals surface area (Å²) < 4.78 is 27.6. The van der Waals surface area contributed by atoms with E-state index in [0.717, 1.165) is 167 Å². The minimum Gasteiger partial charge on any atom is -0.394 e. The maximum atomic E-state index is 12.5. The number of phosphoric acid groups is 1. The molecule has 0 spiro atoms. The Morgan fingerprint density at radius 3 is 0.781 bits per heavy atom. The lowest BCUT2D eigenvalue weighted by Crippen LogP contribution is -2.58. The summed E-state index contributed by atoms with van der Waals surface area (Å²) >= 11 is 0. The monoisotopic (exact) mass is 1350 g/mol. The first-order valence-corrected chi connectivity index (χ1v) is 38.9. The molecule has 5 N–H and O–H groups in total. The molecule has 7 atom stereocenters. The second-order valence-corrected chi connectivity index (χ2v) is 30.5. The first-order chi connectivity index (χ1) is 45.6. The molecule has 9 nitrogen and oxygen atoms in total. The van der Waals surface area contributed by atoms with Gasteiger partial charge in [0.25, 0.3) is 0 Å². The van der Waals surface area contributed by atoms with Crippen molar-refractivity contribution in [2.75, 3.05) is 13.2 Å². The highest BCUT2D eigenvalue weighted by Crippen LogP contribution is 2.47. The van der Waals surface area contributed by atoms with Gasteiger partial charge in [-0.2, -0.15) is 0 Å². The van der Waals surface area contributed by atoms with Crippen molar-refractivity contribution < 1.29 is 43.7 Å². The van der Waals surface area contributed by atoms with Crippen molar-refractivity contribution in [1.29, 1.82) is 0 Å². The van der Waals surface area contributed by atoms with Crippen LogP contribution in [0.4, 0.5) is 0 Å². The number of allylic oxidation sites excluding steroid dienone is 30. The highest BCUT2D eigenvalue weighted by Gasteiger charge is 2.46. The molecule has 0 aromatic carbocycles. The fourth-order valence-electron chi connectivity index (χ4n) is 11.6. The van der Waals surface area contributed by atoms with Crippen molar-refractivity contribution in [3.05, 3.63) is 175 Å². The summed E-state index contributed by atoms with van der Waals surface area (Å²) in [5, 5.41) is 39.3. The normalized spacial score (nSPS) is 20.4. The molecule has 10 heteroatoms. The Kier molecular flexibility index (Phi) is 51.4. The van der Waals surface area contributed by atoms with Gasteiger partial charge in [0.1, 0.15) is 24.4 Å². The van der Waals surface area contributed by atoms with Crippen LogP contribution in [0.15, 0.2) is 175 Å². The van der Waals surface area contributed by atoms with Crippen molar-refractivity contribution in [2.45, 2.75) is 347 Å². The van der Waals surface area contributed by atoms with E-state index < -0.39 is 45.1 Å². The average molecular weight is 1350 g/mol. The predicted octanol–water partition coefficient (Wildman–Crippen LogP) is 24.9. The van der Waals surface area contributed by atoms with Crippen LogP contribution in [0.3, 0.4) is 0 Å². The smallest absolute Gasteiger partial charge is 0.394 e. The molecule has 0 aromatic rings. The first-order valence-electron chi connectivity index (χ1n) is 37.4. The van der Waals surface area contributed by atoms with Gasteiger partial charge in [0.05, 0.1) is 13.2 Å². The molecule has 96 heavy (non-hydrogen) atoms. The molecule has 0 aliphatic carbocycles. The van der Waals surface area contributed by atoms with Crippen molar-refractivity contribution in [2.24, 2.45) is 5.92 Å². The van der Waals surface area contributed by atoms with E-state index in [1.165, 1.54) is 109 Å². The molecule has 2 unspecified atom stereocenters. The van der Waals surface area contributed by atoms with Crippen LogP contribution in [0.2, 0.25) is 0 Å². The lowest BCUT2D eigenvalue weighted by Gasteiger charge is -2.39. The predicted molar refractivity (Wildman–Crippen MR) is 415 cm³/mol. The topological polar surface area (TPSA) is 146 Å². The Bertz CT molecular complexity index is 2720. The van der Waals surface area contributed by atoms with Gasteiger partial charge in [-0.05, 0) is 316 Å². The van der Waals surface area contributed by atoms with Crippen LogP contribution in [-0.4, -0.2) is 69.2 Å². The van der Waals surface area contributed by atoms with Crippen LogP contribution in [0.5, 0.6) is 0 Å². The van der Waals surface area contributed by atoms with Gasteiger partial charge in [-0.15, -0.1) is 0 Å². The molecule has 0 amide bonds. The Balaban J connectivity index is 2.23. The molecule has 1 fully saturated rings. The lowest BCUT2D eigenvalue weighted by molar-refractivity contribution is -0.281. The fraction of sp³-hybridized carbons (Fsp3) is 0.651. The molecule has 1 aliphatic heterocycles. The Hall–Kier alpha value is -3.99. The molecule has 0 saturated carbocycles. The maximum Gasteiger partial charge on any atom is 0.474 e. The van der Waals surface area contributed by atoms with E-state index in [4.69, 9.17) is 13.8 Å². The third-order valence-corrected chi connectivity index (χ3v) is 19.6. The van der Waals surface area contributed by atoms with Crippen molar-refractivity contribution >= 4 is 7.82 Å². The lowest BCUT2D eigenvalue weighted by atomic mass is 10.00. The number of hydrogen-bond acceptors (Lipinski definition) is 8. The summed E-state index contributed by atoms with van der Waals surface area (Å²) in [6.07, 6.45) is 62.3. The van der Waals surface area contributed by atoms with E-state index in [1.54, 1.807) is 0 Å². The van der Waals surface area contributed by atoms with Crippen LogP contribution in [-0.2, 0) is 18.3 Å². The molecule has 1 rings (SSSR count). The Labute approximate surface area is 589 Å². The van der Waals surface area contributed by atoms with E-state index in [-0.39, 0.29) is 12.5 Å². The molecular weight excluding hydrogens is 1210 g/mol. The van der Waals surface area contributed by atoms with Crippen LogP contribution in [0.25, 0.3) is 0 Å². The highest BCUT2D eigenvalue weighted by atomic mass is 31.2. The molecule has 546 valence electrons.